The van der Waals surface area contributed by atoms with E-state index in [2.05, 4.69) is 10.3 Å². The zero-order valence-electron chi connectivity index (χ0n) is 29.2. The summed E-state index contributed by atoms with van der Waals surface area (Å²) in [4.78, 5) is 17.6. The van der Waals surface area contributed by atoms with E-state index in [0.29, 0.717) is 36.7 Å². The Kier molecular flexibility index (Phi) is 8.33. The van der Waals surface area contributed by atoms with Crippen LogP contribution in [0.3, 0.4) is 0 Å². The summed E-state index contributed by atoms with van der Waals surface area (Å²) < 4.78 is 19.0. The number of fused-ring (bicyclic) bond motifs is 6. The van der Waals surface area contributed by atoms with Crippen LogP contribution in [-0.4, -0.2) is 97.1 Å². The van der Waals surface area contributed by atoms with Gasteiger partial charge in [0.25, 0.3) is 0 Å². The number of aromatic nitrogens is 1. The van der Waals surface area contributed by atoms with E-state index >= 15 is 0 Å². The van der Waals surface area contributed by atoms with E-state index in [4.69, 9.17) is 14.2 Å². The van der Waals surface area contributed by atoms with Gasteiger partial charge in [-0.2, -0.15) is 0 Å². The molecule has 2 saturated carbocycles. The van der Waals surface area contributed by atoms with Crippen LogP contribution in [-0.2, 0) is 27.3 Å². The van der Waals surface area contributed by atoms with Crippen LogP contribution < -0.4 is 10.1 Å². The van der Waals surface area contributed by atoms with Gasteiger partial charge in [0.2, 0.25) is 5.79 Å². The molecule has 9 rings (SSSR count). The molecule has 2 aliphatic heterocycles. The van der Waals surface area contributed by atoms with Crippen molar-refractivity contribution in [3.8, 4) is 11.5 Å². The van der Waals surface area contributed by atoms with Gasteiger partial charge < -0.3 is 55.2 Å². The van der Waals surface area contributed by atoms with Crippen LogP contribution in [0.25, 0.3) is 32.4 Å². The van der Waals surface area contributed by atoms with Gasteiger partial charge in [0, 0.05) is 18.4 Å². The van der Waals surface area contributed by atoms with Crippen molar-refractivity contribution in [2.24, 2.45) is 23.7 Å². The first-order valence-electron chi connectivity index (χ1n) is 18.4. The van der Waals surface area contributed by atoms with Crippen LogP contribution >= 0.6 is 0 Å². The van der Waals surface area contributed by atoms with Gasteiger partial charge in [-0.05, 0) is 102 Å². The van der Waals surface area contributed by atoms with E-state index in [9.17, 15) is 35.4 Å². The number of aliphatic hydroxyl groups excluding tert-OH is 3. The normalized spacial score (nSPS) is 35.0. The second-order valence-corrected chi connectivity index (χ2v) is 15.4. The second-order valence-electron chi connectivity index (χ2n) is 15.4. The predicted molar refractivity (Wildman–Crippen MR) is 194 cm³/mol. The quantitative estimate of drug-likeness (QED) is 0.0909. The highest BCUT2D eigenvalue weighted by Gasteiger charge is 2.78. The van der Waals surface area contributed by atoms with Gasteiger partial charge >= 0.3 is 5.97 Å². The number of carbonyl (C=O) groups excluding carboxylic acids is 1. The maximum atomic E-state index is 14.5. The number of aromatic hydroxyl groups is 1. The predicted octanol–water partition coefficient (Wildman–Crippen LogP) is 3.01. The number of phenolic OH excluding ortho intramolecular Hbond substituents is 1. The average molecular weight is 725 g/mol. The first-order valence-corrected chi connectivity index (χ1v) is 18.4. The van der Waals surface area contributed by atoms with Crippen molar-refractivity contribution in [3.63, 3.8) is 0 Å². The number of hydrogen-bond acceptors (Lipinski definition) is 11. The molecule has 8 N–H and O–H groups in total. The molecule has 11 unspecified atom stereocenters. The fraction of sp³-hybridized carbons (Fsp3) is 0.439. The first kappa shape index (κ1) is 34.6. The summed E-state index contributed by atoms with van der Waals surface area (Å²) >= 11 is 0. The van der Waals surface area contributed by atoms with Crippen LogP contribution in [0.5, 0.6) is 11.5 Å². The lowest BCUT2D eigenvalue weighted by Crippen LogP contribution is -2.75. The lowest BCUT2D eigenvalue weighted by atomic mass is 9.54. The Morgan fingerprint density at radius 2 is 1.75 bits per heavy atom. The third kappa shape index (κ3) is 5.15. The van der Waals surface area contributed by atoms with E-state index in [1.54, 1.807) is 24.3 Å². The number of hydrogen-bond donors (Lipinski definition) is 8. The van der Waals surface area contributed by atoms with E-state index in [1.807, 2.05) is 55.6 Å². The maximum absolute atomic E-state index is 14.5. The first-order chi connectivity index (χ1) is 25.5. The third-order valence-electron chi connectivity index (χ3n) is 12.7. The molecule has 1 aromatic heterocycles. The van der Waals surface area contributed by atoms with Gasteiger partial charge in [0.1, 0.15) is 18.0 Å². The zero-order valence-corrected chi connectivity index (χ0v) is 29.2. The molecule has 4 fully saturated rings. The Morgan fingerprint density at radius 3 is 2.49 bits per heavy atom. The molecule has 278 valence electrons. The van der Waals surface area contributed by atoms with Crippen molar-refractivity contribution in [2.45, 2.75) is 74.2 Å². The number of phenols is 1. The SMILES string of the molecule is CNCC1CC2C(OC3C(C(=O)Oc4c(CO)[nH]c5ccc6cc7ccccc7cc6c45)OC4(O)C(O)CCC2C34O)C(Cc2ccc(O)cc2)C1O. The standard InChI is InChI=1S/C41H44N2O10/c1-42-18-24-17-27-29-11-13-32(46)41(50)40(29,49)38(51-35(27)28(34(24)47)14-20-6-9-25(45)10-7-20)37(53-41)39(48)52-36-31(19-44)43-30-12-8-23-15-21-4-2-3-5-22(21)16-26(23)33(30)36/h2-10,12,15-16,24,27-29,32,34-35,37-38,42-47,49-50H,11,13-14,17-19H2,1H3. The molecule has 4 aliphatic rings. The lowest BCUT2D eigenvalue weighted by Gasteiger charge is -2.60. The summed E-state index contributed by atoms with van der Waals surface area (Å²) in [6.45, 7) is 0.0342. The Bertz CT molecular complexity index is 2210. The van der Waals surface area contributed by atoms with Crippen molar-refractivity contribution in [1.82, 2.24) is 10.3 Å². The molecular formula is C41H44N2O10. The summed E-state index contributed by atoms with van der Waals surface area (Å²) in [5.41, 5.74) is -0.430. The van der Waals surface area contributed by atoms with Crippen molar-refractivity contribution in [1.29, 1.82) is 0 Å². The van der Waals surface area contributed by atoms with Crippen molar-refractivity contribution in [3.05, 3.63) is 84.1 Å². The molecule has 3 heterocycles. The highest BCUT2D eigenvalue weighted by atomic mass is 16.7. The molecule has 53 heavy (non-hydrogen) atoms. The van der Waals surface area contributed by atoms with Gasteiger partial charge in [0.05, 0.1) is 35.4 Å². The van der Waals surface area contributed by atoms with Crippen molar-refractivity contribution < 1.29 is 49.6 Å². The Morgan fingerprint density at radius 1 is 1.00 bits per heavy atom. The van der Waals surface area contributed by atoms with Gasteiger partial charge in [-0.3, -0.25) is 0 Å². The number of aromatic amines is 1. The highest BCUT2D eigenvalue weighted by molar-refractivity contribution is 6.14. The van der Waals surface area contributed by atoms with E-state index in [1.165, 1.54) is 0 Å². The molecule has 0 spiro atoms. The number of aliphatic hydroxyl groups is 5. The summed E-state index contributed by atoms with van der Waals surface area (Å²) in [5.74, 6) is -4.99. The molecule has 0 radical (unpaired) electrons. The van der Waals surface area contributed by atoms with Gasteiger partial charge in [-0.1, -0.05) is 42.5 Å². The minimum Gasteiger partial charge on any atom is -0.508 e. The van der Waals surface area contributed by atoms with E-state index < -0.39 is 66.3 Å². The second kappa shape index (κ2) is 12.7. The van der Waals surface area contributed by atoms with Crippen LogP contribution in [0.15, 0.2) is 72.8 Å². The zero-order chi connectivity index (χ0) is 36.8. The molecule has 12 nitrogen and oxygen atoms in total. The van der Waals surface area contributed by atoms with E-state index in [-0.39, 0.29) is 35.4 Å². The number of benzene rings is 4. The molecule has 11 atom stereocenters. The summed E-state index contributed by atoms with van der Waals surface area (Å²) in [5, 5.41) is 75.6. The summed E-state index contributed by atoms with van der Waals surface area (Å²) in [7, 11) is 1.81. The Balaban J connectivity index is 1.12. The topological polar surface area (TPSA) is 194 Å². The number of carbonyl (C=O) groups is 1. The molecule has 0 bridgehead atoms. The molecular weight excluding hydrogens is 680 g/mol. The Labute approximate surface area is 304 Å². The average Bonchev–Trinajstić information content (AvgIpc) is 3.63. The number of H-pyrrole nitrogens is 1. The molecule has 2 aliphatic carbocycles. The van der Waals surface area contributed by atoms with Gasteiger partial charge in [0.15, 0.2) is 17.5 Å². The minimum absolute atomic E-state index is 0.0878. The van der Waals surface area contributed by atoms with Crippen LogP contribution in [0, 0.1) is 23.7 Å². The molecule has 2 saturated heterocycles. The van der Waals surface area contributed by atoms with Crippen molar-refractivity contribution in [2.75, 3.05) is 13.6 Å². The van der Waals surface area contributed by atoms with Crippen LogP contribution in [0.2, 0.25) is 0 Å². The third-order valence-corrected chi connectivity index (χ3v) is 12.7. The molecule has 4 aromatic carbocycles. The molecule has 0 amide bonds. The highest BCUT2D eigenvalue weighted by Crippen LogP contribution is 2.61. The number of ether oxygens (including phenoxy) is 3. The fourth-order valence-corrected chi connectivity index (χ4v) is 10.2. The molecule has 5 aromatic rings. The number of esters is 1. The molecule has 12 heteroatoms. The summed E-state index contributed by atoms with van der Waals surface area (Å²) in [6, 6.07) is 22.5. The smallest absolute Gasteiger partial charge is 0.343 e. The largest absolute Gasteiger partial charge is 0.508 e. The number of rotatable bonds is 7. The summed E-state index contributed by atoms with van der Waals surface area (Å²) in [6.07, 6.45) is -4.81. The van der Waals surface area contributed by atoms with Crippen LogP contribution in [0.1, 0.15) is 30.5 Å². The minimum atomic E-state index is -2.54. The Hall–Kier alpha value is -4.11. The fourth-order valence-electron chi connectivity index (χ4n) is 10.2. The lowest BCUT2D eigenvalue weighted by molar-refractivity contribution is -0.363. The van der Waals surface area contributed by atoms with Crippen LogP contribution in [0.4, 0.5) is 0 Å². The van der Waals surface area contributed by atoms with Crippen molar-refractivity contribution >= 4 is 38.4 Å². The monoisotopic (exact) mass is 724 g/mol. The maximum Gasteiger partial charge on any atom is 0.343 e. The van der Waals surface area contributed by atoms with E-state index in [0.717, 1.165) is 27.1 Å². The number of nitrogens with one attached hydrogen (secondary N) is 2. The van der Waals surface area contributed by atoms with Gasteiger partial charge in [-0.25, -0.2) is 4.79 Å². The van der Waals surface area contributed by atoms with Gasteiger partial charge in [-0.15, -0.1) is 0 Å².